The largest absolute Gasteiger partial charge is 0.300 e. The molecule has 18 heavy (non-hydrogen) atoms. The van der Waals surface area contributed by atoms with Crippen LogP contribution in [-0.4, -0.2) is 22.8 Å². The van der Waals surface area contributed by atoms with Gasteiger partial charge in [-0.1, -0.05) is 12.1 Å². The Balaban J connectivity index is 1.77. The van der Waals surface area contributed by atoms with Crippen molar-refractivity contribution in [2.45, 2.75) is 44.3 Å². The van der Waals surface area contributed by atoms with E-state index in [9.17, 15) is 4.79 Å². The van der Waals surface area contributed by atoms with E-state index in [0.29, 0.717) is 36.3 Å². The van der Waals surface area contributed by atoms with E-state index in [4.69, 9.17) is 5.26 Å². The topological polar surface area (TPSA) is 44.1 Å². The van der Waals surface area contributed by atoms with Crippen molar-refractivity contribution in [2.24, 2.45) is 0 Å². The number of carbonyl (C=O) groups is 1. The molecule has 0 aliphatic carbocycles. The highest BCUT2D eigenvalue weighted by Crippen LogP contribution is 2.35. The van der Waals surface area contributed by atoms with E-state index < -0.39 is 0 Å². The minimum atomic E-state index is 0.421. The van der Waals surface area contributed by atoms with E-state index in [1.807, 2.05) is 18.2 Å². The third kappa shape index (κ3) is 2.04. The highest BCUT2D eigenvalue weighted by molar-refractivity contribution is 5.80. The van der Waals surface area contributed by atoms with Crippen LogP contribution in [0.15, 0.2) is 24.3 Å². The van der Waals surface area contributed by atoms with Crippen LogP contribution in [0.1, 0.15) is 36.8 Å². The number of benzene rings is 1. The first kappa shape index (κ1) is 11.4. The minimum Gasteiger partial charge on any atom is -0.300 e. The standard InChI is InChI=1S/C15H16N2O/c16-9-11-2-1-3-12(6-11)10-17-13-4-5-14(17)8-15(18)7-13/h1-3,6,13-14H,4-5,7-8,10H2/t13-,14-/m0/s1. The molecule has 0 unspecified atom stereocenters. The van der Waals surface area contributed by atoms with Gasteiger partial charge in [0.25, 0.3) is 0 Å². The predicted octanol–water partition coefficient (Wildman–Crippen LogP) is 2.25. The smallest absolute Gasteiger partial charge is 0.136 e. The van der Waals surface area contributed by atoms with Crippen molar-refractivity contribution in [3.05, 3.63) is 35.4 Å². The lowest BCUT2D eigenvalue weighted by molar-refractivity contribution is -0.123. The fourth-order valence-corrected chi connectivity index (χ4v) is 3.27. The molecule has 0 saturated carbocycles. The van der Waals surface area contributed by atoms with Crippen molar-refractivity contribution in [1.82, 2.24) is 4.90 Å². The number of rotatable bonds is 2. The van der Waals surface area contributed by atoms with Crippen molar-refractivity contribution in [1.29, 1.82) is 5.26 Å². The van der Waals surface area contributed by atoms with Crippen molar-refractivity contribution in [2.75, 3.05) is 0 Å². The maximum atomic E-state index is 11.6. The van der Waals surface area contributed by atoms with Gasteiger partial charge in [0.05, 0.1) is 11.6 Å². The molecule has 0 radical (unpaired) electrons. The van der Waals surface area contributed by atoms with Crippen molar-refractivity contribution in [3.63, 3.8) is 0 Å². The van der Waals surface area contributed by atoms with Crippen LogP contribution in [0.4, 0.5) is 0 Å². The van der Waals surface area contributed by atoms with Gasteiger partial charge in [0.2, 0.25) is 0 Å². The molecule has 3 rings (SSSR count). The first-order valence-corrected chi connectivity index (χ1v) is 6.53. The van der Waals surface area contributed by atoms with E-state index in [2.05, 4.69) is 17.0 Å². The van der Waals surface area contributed by atoms with E-state index >= 15 is 0 Å². The zero-order valence-corrected chi connectivity index (χ0v) is 10.3. The van der Waals surface area contributed by atoms with Crippen LogP contribution >= 0.6 is 0 Å². The lowest BCUT2D eigenvalue weighted by atomic mass is 10.0. The summed E-state index contributed by atoms with van der Waals surface area (Å²) in [4.78, 5) is 14.0. The molecule has 1 aromatic rings. The second kappa shape index (κ2) is 4.55. The molecule has 0 spiro atoms. The Morgan fingerprint density at radius 3 is 2.67 bits per heavy atom. The molecule has 2 bridgehead atoms. The fourth-order valence-electron chi connectivity index (χ4n) is 3.27. The number of hydrogen-bond acceptors (Lipinski definition) is 3. The summed E-state index contributed by atoms with van der Waals surface area (Å²) in [6, 6.07) is 10.8. The minimum absolute atomic E-state index is 0.421. The normalized spacial score (nSPS) is 27.2. The summed E-state index contributed by atoms with van der Waals surface area (Å²) in [5.74, 6) is 0.421. The second-order valence-electron chi connectivity index (χ2n) is 5.32. The van der Waals surface area contributed by atoms with Gasteiger partial charge in [-0.3, -0.25) is 9.69 Å². The lowest BCUT2D eigenvalue weighted by Crippen LogP contribution is -2.42. The Kier molecular flexibility index (Phi) is 2.89. The molecule has 0 amide bonds. The van der Waals surface area contributed by atoms with Gasteiger partial charge >= 0.3 is 0 Å². The molecule has 0 N–H and O–H groups in total. The number of nitriles is 1. The Bertz CT molecular complexity index is 501. The van der Waals surface area contributed by atoms with Crippen molar-refractivity contribution < 1.29 is 4.79 Å². The van der Waals surface area contributed by atoms with Gasteiger partial charge < -0.3 is 0 Å². The van der Waals surface area contributed by atoms with Gasteiger partial charge in [-0.05, 0) is 30.5 Å². The number of ketones is 1. The average molecular weight is 240 g/mol. The number of hydrogen-bond donors (Lipinski definition) is 0. The zero-order valence-electron chi connectivity index (χ0n) is 10.3. The number of carbonyl (C=O) groups excluding carboxylic acids is 1. The fraction of sp³-hybridized carbons (Fsp3) is 0.467. The highest BCUT2D eigenvalue weighted by atomic mass is 16.1. The Labute approximate surface area is 107 Å². The predicted molar refractivity (Wildman–Crippen MR) is 67.8 cm³/mol. The quantitative estimate of drug-likeness (QED) is 0.796. The van der Waals surface area contributed by atoms with Crippen LogP contribution < -0.4 is 0 Å². The number of piperidine rings is 1. The summed E-state index contributed by atoms with van der Waals surface area (Å²) in [7, 11) is 0. The molecule has 2 atom stereocenters. The second-order valence-corrected chi connectivity index (χ2v) is 5.32. The number of Topliss-reactive ketones (excluding diaryl/α,β-unsaturated/α-hetero) is 1. The molecule has 1 aromatic carbocycles. The first-order chi connectivity index (χ1) is 8.76. The van der Waals surface area contributed by atoms with E-state index in [1.54, 1.807) is 0 Å². The molecule has 2 aliphatic rings. The molecule has 2 saturated heterocycles. The first-order valence-electron chi connectivity index (χ1n) is 6.53. The van der Waals surface area contributed by atoms with E-state index in [-0.39, 0.29) is 0 Å². The summed E-state index contributed by atoms with van der Waals surface area (Å²) < 4.78 is 0. The molecule has 3 nitrogen and oxygen atoms in total. The summed E-state index contributed by atoms with van der Waals surface area (Å²) in [5, 5.41) is 8.91. The summed E-state index contributed by atoms with van der Waals surface area (Å²) >= 11 is 0. The van der Waals surface area contributed by atoms with E-state index in [0.717, 1.165) is 19.4 Å². The maximum absolute atomic E-state index is 11.6. The third-order valence-corrected chi connectivity index (χ3v) is 4.12. The average Bonchev–Trinajstić information content (AvgIpc) is 2.62. The Morgan fingerprint density at radius 1 is 1.28 bits per heavy atom. The summed E-state index contributed by atoms with van der Waals surface area (Å²) in [6.45, 7) is 0.873. The summed E-state index contributed by atoms with van der Waals surface area (Å²) in [6.07, 6.45) is 3.73. The number of nitrogens with zero attached hydrogens (tertiary/aromatic N) is 2. The third-order valence-electron chi connectivity index (χ3n) is 4.12. The Morgan fingerprint density at radius 2 is 2.00 bits per heavy atom. The van der Waals surface area contributed by atoms with Gasteiger partial charge in [-0.2, -0.15) is 5.26 Å². The molecule has 2 heterocycles. The SMILES string of the molecule is N#Cc1cccc(CN2[C@H]3CC[C@H]2CC(=O)C3)c1. The molecular formula is C15H16N2O. The van der Waals surface area contributed by atoms with Crippen LogP contribution in [0, 0.1) is 11.3 Å². The van der Waals surface area contributed by atoms with Crippen LogP contribution in [0.3, 0.4) is 0 Å². The molecule has 2 aliphatic heterocycles. The van der Waals surface area contributed by atoms with Crippen LogP contribution in [0.2, 0.25) is 0 Å². The van der Waals surface area contributed by atoms with E-state index in [1.165, 1.54) is 5.56 Å². The van der Waals surface area contributed by atoms with Gasteiger partial charge in [-0.15, -0.1) is 0 Å². The van der Waals surface area contributed by atoms with Gasteiger partial charge in [0.15, 0.2) is 0 Å². The van der Waals surface area contributed by atoms with Gasteiger partial charge in [-0.25, -0.2) is 0 Å². The highest BCUT2D eigenvalue weighted by Gasteiger charge is 2.39. The monoisotopic (exact) mass is 240 g/mol. The van der Waals surface area contributed by atoms with Crippen molar-refractivity contribution >= 4 is 5.78 Å². The van der Waals surface area contributed by atoms with Crippen LogP contribution in [0.25, 0.3) is 0 Å². The number of fused-ring (bicyclic) bond motifs is 2. The summed E-state index contributed by atoms with van der Waals surface area (Å²) in [5.41, 5.74) is 1.90. The maximum Gasteiger partial charge on any atom is 0.136 e. The molecule has 0 aromatic heterocycles. The van der Waals surface area contributed by atoms with Gasteiger partial charge in [0.1, 0.15) is 5.78 Å². The molecular weight excluding hydrogens is 224 g/mol. The Hall–Kier alpha value is -1.66. The van der Waals surface area contributed by atoms with Crippen LogP contribution in [-0.2, 0) is 11.3 Å². The van der Waals surface area contributed by atoms with Crippen molar-refractivity contribution in [3.8, 4) is 6.07 Å². The van der Waals surface area contributed by atoms with Gasteiger partial charge in [0, 0.05) is 31.5 Å². The zero-order chi connectivity index (χ0) is 12.5. The molecule has 3 heteroatoms. The molecule has 92 valence electrons. The molecule has 2 fully saturated rings. The lowest BCUT2D eigenvalue weighted by Gasteiger charge is -2.33. The van der Waals surface area contributed by atoms with Crippen LogP contribution in [0.5, 0.6) is 0 Å².